The summed E-state index contributed by atoms with van der Waals surface area (Å²) in [4.78, 5) is 41.9. The van der Waals surface area contributed by atoms with Crippen LogP contribution in [0.1, 0.15) is 48.0 Å². The highest BCUT2D eigenvalue weighted by Gasteiger charge is 2.36. The van der Waals surface area contributed by atoms with Crippen LogP contribution in [0.3, 0.4) is 0 Å². The van der Waals surface area contributed by atoms with Crippen molar-refractivity contribution in [3.05, 3.63) is 24.3 Å². The number of hydrogen-bond donors (Lipinski definition) is 2. The minimum absolute atomic E-state index is 0.0199. The van der Waals surface area contributed by atoms with Gasteiger partial charge in [0.2, 0.25) is 0 Å². The Balaban J connectivity index is 2.92. The molecule has 0 fully saturated rings. The average molecular weight is 464 g/mol. The summed E-state index contributed by atoms with van der Waals surface area (Å²) in [5, 5.41) is 5.98. The fraction of sp³-hybridized carbons (Fsp3) is 0.550. The Morgan fingerprint density at radius 1 is 1.10 bits per heavy atom. The summed E-state index contributed by atoms with van der Waals surface area (Å²) in [6, 6.07) is 3.41. The molecule has 0 unspecified atom stereocenters. The van der Waals surface area contributed by atoms with E-state index >= 15 is 0 Å². The van der Waals surface area contributed by atoms with E-state index in [9.17, 15) is 27.6 Å². The fourth-order valence-corrected chi connectivity index (χ4v) is 3.08. The summed E-state index contributed by atoms with van der Waals surface area (Å²) in [5.74, 6) is -1.23. The molecule has 1 aromatic carbocycles. The second-order valence-corrected chi connectivity index (χ2v) is 9.38. The third-order valence-corrected chi connectivity index (χ3v) is 4.42. The largest absolute Gasteiger partial charge is 0.446 e. The summed E-state index contributed by atoms with van der Waals surface area (Å²) < 4.78 is 37.3. The van der Waals surface area contributed by atoms with Crippen molar-refractivity contribution in [3.8, 4) is 0 Å². The highest BCUT2D eigenvalue weighted by molar-refractivity contribution is 8.00. The number of carbonyl (C=O) groups is 3. The maximum atomic E-state index is 13.0. The smallest absolute Gasteiger partial charge is 0.338 e. The number of hydrogen-bond acceptors (Lipinski definition) is 5. The minimum atomic E-state index is -4.41. The molecule has 174 valence electrons. The molecule has 0 aliphatic carbocycles. The number of nitrogens with one attached hydrogen (secondary N) is 2. The summed E-state index contributed by atoms with van der Waals surface area (Å²) in [7, 11) is 0. The molecule has 0 heterocycles. The van der Waals surface area contributed by atoms with Gasteiger partial charge in [0.25, 0.3) is 5.91 Å². The molecule has 0 aliphatic rings. The Morgan fingerprint density at radius 2 is 1.65 bits per heavy atom. The van der Waals surface area contributed by atoms with Crippen LogP contribution in [0.5, 0.6) is 0 Å². The van der Waals surface area contributed by atoms with E-state index in [4.69, 9.17) is 4.84 Å². The van der Waals surface area contributed by atoms with Gasteiger partial charge < -0.3 is 15.5 Å². The molecule has 0 saturated carbocycles. The Morgan fingerprint density at radius 3 is 2.06 bits per heavy atom. The molecule has 0 radical (unpaired) electrons. The number of hydroxylamine groups is 2. The van der Waals surface area contributed by atoms with Gasteiger partial charge in [-0.05, 0) is 69.1 Å². The molecule has 0 spiro atoms. The van der Waals surface area contributed by atoms with Gasteiger partial charge in [0, 0.05) is 17.5 Å². The second kappa shape index (κ2) is 10.7. The van der Waals surface area contributed by atoms with Gasteiger partial charge >= 0.3 is 17.5 Å². The van der Waals surface area contributed by atoms with Gasteiger partial charge in [-0.25, -0.2) is 4.79 Å². The van der Waals surface area contributed by atoms with Crippen molar-refractivity contribution in [2.24, 2.45) is 5.92 Å². The summed E-state index contributed by atoms with van der Waals surface area (Å²) in [6.07, 6.45) is 0.279. The van der Waals surface area contributed by atoms with Crippen molar-refractivity contribution in [2.45, 2.75) is 69.9 Å². The first kappa shape index (κ1) is 26.6. The van der Waals surface area contributed by atoms with Gasteiger partial charge in [-0.3, -0.25) is 9.59 Å². The van der Waals surface area contributed by atoms with E-state index in [2.05, 4.69) is 10.6 Å². The molecule has 2 N–H and O–H groups in total. The lowest BCUT2D eigenvalue weighted by molar-refractivity contribution is -0.216. The fourth-order valence-electron chi connectivity index (χ4n) is 2.54. The predicted octanol–water partition coefficient (Wildman–Crippen LogP) is 4.94. The van der Waals surface area contributed by atoms with Gasteiger partial charge in [0.15, 0.2) is 0 Å². The van der Waals surface area contributed by atoms with Gasteiger partial charge in [0.05, 0.1) is 5.54 Å². The Kier molecular flexibility index (Phi) is 9.22. The Bertz CT molecular complexity index is 777. The molecule has 3 amide bonds. The summed E-state index contributed by atoms with van der Waals surface area (Å²) >= 11 is -0.260. The van der Waals surface area contributed by atoms with Gasteiger partial charge in [0.1, 0.15) is 6.04 Å². The zero-order valence-corrected chi connectivity index (χ0v) is 19.1. The summed E-state index contributed by atoms with van der Waals surface area (Å²) in [5.41, 5.74) is -4.99. The molecule has 1 atom stereocenters. The highest BCUT2D eigenvalue weighted by atomic mass is 32.2. The first-order valence-corrected chi connectivity index (χ1v) is 10.4. The van der Waals surface area contributed by atoms with E-state index in [1.54, 1.807) is 20.8 Å². The molecule has 0 bridgehead atoms. The number of carbonyl (C=O) groups excluding carboxylic acids is 3. The van der Waals surface area contributed by atoms with E-state index in [0.29, 0.717) is 0 Å². The van der Waals surface area contributed by atoms with E-state index in [-0.39, 0.29) is 34.7 Å². The molecule has 31 heavy (non-hydrogen) atoms. The van der Waals surface area contributed by atoms with Crippen molar-refractivity contribution in [3.63, 3.8) is 0 Å². The van der Waals surface area contributed by atoms with Crippen LogP contribution in [0.25, 0.3) is 0 Å². The molecule has 11 heteroatoms. The molecule has 1 rings (SSSR count). The number of anilines is 1. The van der Waals surface area contributed by atoms with Gasteiger partial charge in [-0.2, -0.15) is 18.2 Å². The zero-order chi connectivity index (χ0) is 24.0. The second-order valence-electron chi connectivity index (χ2n) is 8.24. The number of amides is 3. The summed E-state index contributed by atoms with van der Waals surface area (Å²) in [6.45, 7) is 9.95. The third-order valence-electron chi connectivity index (χ3n) is 3.69. The van der Waals surface area contributed by atoms with Crippen molar-refractivity contribution in [1.82, 2.24) is 10.4 Å². The van der Waals surface area contributed by atoms with E-state index in [1.807, 2.05) is 13.8 Å². The van der Waals surface area contributed by atoms with E-state index in [1.165, 1.54) is 31.2 Å². The van der Waals surface area contributed by atoms with Gasteiger partial charge in [-0.15, -0.1) is 0 Å². The highest BCUT2D eigenvalue weighted by Crippen LogP contribution is 2.37. The van der Waals surface area contributed by atoms with Crippen molar-refractivity contribution in [1.29, 1.82) is 0 Å². The third kappa shape index (κ3) is 9.95. The number of urea groups is 1. The number of nitrogens with zero attached hydrogens (tertiary/aromatic N) is 1. The van der Waals surface area contributed by atoms with E-state index < -0.39 is 35.0 Å². The van der Waals surface area contributed by atoms with Crippen LogP contribution >= 0.6 is 11.8 Å². The molecule has 0 saturated heterocycles. The number of thioether (sulfide) groups is 1. The topological polar surface area (TPSA) is 87.7 Å². The van der Waals surface area contributed by atoms with Gasteiger partial charge in [-0.1, -0.05) is 13.8 Å². The standard InChI is InChI=1S/C20H28F3N3O4S/c1-12(2)11-16(17(28)26(19(4,5)6)30-13(3)27)25-18(29)24-14-7-9-15(10-8-14)31-20(21,22)23/h7-10,12,16H,11H2,1-6H3,(H2,24,25,29)/t16-/m0/s1. The monoisotopic (exact) mass is 463 g/mol. The van der Waals surface area contributed by atoms with Crippen molar-refractivity contribution in [2.75, 3.05) is 5.32 Å². The normalized spacial score (nSPS) is 12.8. The number of alkyl halides is 3. The first-order valence-electron chi connectivity index (χ1n) is 9.54. The molecule has 1 aromatic rings. The SMILES string of the molecule is CC(=O)ON(C(=O)[C@H](CC(C)C)NC(=O)Nc1ccc(SC(F)(F)F)cc1)C(C)(C)C. The number of rotatable bonds is 6. The Hall–Kier alpha value is -2.43. The van der Waals surface area contributed by atoms with Crippen molar-refractivity contribution < 1.29 is 32.4 Å². The molecule has 0 aromatic heterocycles. The maximum Gasteiger partial charge on any atom is 0.446 e. The van der Waals surface area contributed by atoms with Crippen molar-refractivity contribution >= 4 is 35.4 Å². The van der Waals surface area contributed by atoms with Crippen LogP contribution in [-0.2, 0) is 14.4 Å². The molecule has 7 nitrogen and oxygen atoms in total. The van der Waals surface area contributed by atoms with Crippen LogP contribution in [0.4, 0.5) is 23.7 Å². The maximum absolute atomic E-state index is 13.0. The van der Waals surface area contributed by atoms with Crippen LogP contribution in [0.2, 0.25) is 0 Å². The lowest BCUT2D eigenvalue weighted by atomic mass is 10.0. The van der Waals surface area contributed by atoms with E-state index in [0.717, 1.165) is 5.06 Å². The molecular formula is C20H28F3N3O4S. The van der Waals surface area contributed by atoms with Crippen LogP contribution in [-0.4, -0.2) is 40.1 Å². The first-order chi connectivity index (χ1) is 14.1. The molecular weight excluding hydrogens is 435 g/mol. The molecule has 0 aliphatic heterocycles. The lowest BCUT2D eigenvalue weighted by Gasteiger charge is -2.35. The predicted molar refractivity (Wildman–Crippen MR) is 112 cm³/mol. The minimum Gasteiger partial charge on any atom is -0.338 e. The van der Waals surface area contributed by atoms with Crippen LogP contribution in [0, 0.1) is 5.92 Å². The van der Waals surface area contributed by atoms with Crippen LogP contribution < -0.4 is 10.6 Å². The number of halogens is 3. The zero-order valence-electron chi connectivity index (χ0n) is 18.3. The van der Waals surface area contributed by atoms with Crippen LogP contribution in [0.15, 0.2) is 29.2 Å². The number of benzene rings is 1. The quantitative estimate of drug-likeness (QED) is 0.461. The lowest BCUT2D eigenvalue weighted by Crippen LogP contribution is -2.55. The Labute approximate surface area is 184 Å². The average Bonchev–Trinajstić information content (AvgIpc) is 2.57.